The SMILES string of the molecule is CC(C)(/C=C(\C#N)C(=O)N1CCC[C@](C)(OC(=O)N[C@@H](Cc2ccccc2)B(O)O)C1)N1CCC(F)(F)C1. The third kappa shape index (κ3) is 7.76. The molecule has 206 valence electrons. The molecule has 12 heteroatoms. The number of hydrogen-bond donors (Lipinski definition) is 3. The zero-order valence-electron chi connectivity index (χ0n) is 22.0. The van der Waals surface area contributed by atoms with Gasteiger partial charge in [-0.1, -0.05) is 30.3 Å². The second-order valence-electron chi connectivity index (χ2n) is 10.9. The van der Waals surface area contributed by atoms with Crippen molar-refractivity contribution in [2.45, 2.75) is 69.5 Å². The number of carbonyl (C=O) groups is 2. The Balaban J connectivity index is 1.65. The van der Waals surface area contributed by atoms with Gasteiger partial charge in [0.15, 0.2) is 0 Å². The van der Waals surface area contributed by atoms with E-state index in [0.717, 1.165) is 5.56 Å². The number of piperidine rings is 1. The highest BCUT2D eigenvalue weighted by Crippen LogP contribution is 2.33. The van der Waals surface area contributed by atoms with Gasteiger partial charge in [0.05, 0.1) is 19.0 Å². The number of ether oxygens (including phenoxy) is 1. The molecule has 2 fully saturated rings. The molecular formula is C26H35BF2N4O5. The van der Waals surface area contributed by atoms with Gasteiger partial charge in [0.1, 0.15) is 17.2 Å². The summed E-state index contributed by atoms with van der Waals surface area (Å²) in [5, 5.41) is 31.7. The molecule has 38 heavy (non-hydrogen) atoms. The molecule has 2 amide bonds. The van der Waals surface area contributed by atoms with Crippen molar-refractivity contribution in [2.24, 2.45) is 0 Å². The van der Waals surface area contributed by atoms with Crippen molar-refractivity contribution in [2.75, 3.05) is 26.2 Å². The first-order valence-corrected chi connectivity index (χ1v) is 12.7. The topological polar surface area (TPSA) is 126 Å². The average Bonchev–Trinajstić information content (AvgIpc) is 3.22. The van der Waals surface area contributed by atoms with Crippen LogP contribution in [0, 0.1) is 11.3 Å². The molecule has 3 N–H and O–H groups in total. The van der Waals surface area contributed by atoms with Gasteiger partial charge in [-0.05, 0) is 51.7 Å². The van der Waals surface area contributed by atoms with Crippen LogP contribution in [0.5, 0.6) is 0 Å². The molecule has 2 heterocycles. The van der Waals surface area contributed by atoms with Crippen molar-refractivity contribution < 1.29 is 33.2 Å². The second kappa shape index (κ2) is 11.8. The zero-order chi connectivity index (χ0) is 28.1. The minimum Gasteiger partial charge on any atom is -0.441 e. The molecule has 0 bridgehead atoms. The lowest BCUT2D eigenvalue weighted by atomic mass is 9.76. The number of halogens is 2. The highest BCUT2D eigenvalue weighted by molar-refractivity contribution is 6.43. The lowest BCUT2D eigenvalue weighted by molar-refractivity contribution is -0.133. The fourth-order valence-corrected chi connectivity index (χ4v) is 4.95. The normalized spacial score (nSPS) is 22.9. The van der Waals surface area contributed by atoms with Gasteiger partial charge < -0.3 is 25.0 Å². The van der Waals surface area contributed by atoms with E-state index in [0.29, 0.717) is 19.4 Å². The van der Waals surface area contributed by atoms with Crippen LogP contribution in [0.25, 0.3) is 0 Å². The van der Waals surface area contributed by atoms with Crippen LogP contribution in [-0.2, 0) is 16.0 Å². The lowest BCUT2D eigenvalue weighted by Gasteiger charge is -2.40. The molecule has 2 atom stereocenters. The summed E-state index contributed by atoms with van der Waals surface area (Å²) >= 11 is 0. The first-order chi connectivity index (χ1) is 17.7. The smallest absolute Gasteiger partial charge is 0.441 e. The third-order valence-corrected chi connectivity index (χ3v) is 7.08. The largest absolute Gasteiger partial charge is 0.475 e. The van der Waals surface area contributed by atoms with Gasteiger partial charge in [-0.25, -0.2) is 13.6 Å². The molecule has 0 radical (unpaired) electrons. The monoisotopic (exact) mass is 532 g/mol. The van der Waals surface area contributed by atoms with E-state index in [9.17, 15) is 33.7 Å². The van der Waals surface area contributed by atoms with E-state index in [-0.39, 0.29) is 31.5 Å². The van der Waals surface area contributed by atoms with Crippen LogP contribution < -0.4 is 5.32 Å². The van der Waals surface area contributed by atoms with Crippen LogP contribution in [0.4, 0.5) is 13.6 Å². The number of hydrogen-bond acceptors (Lipinski definition) is 7. The Kier molecular flexibility index (Phi) is 9.18. The molecule has 9 nitrogen and oxygen atoms in total. The minimum absolute atomic E-state index is 0.0194. The number of rotatable bonds is 8. The molecule has 3 rings (SSSR count). The maximum Gasteiger partial charge on any atom is 0.475 e. The number of carbonyl (C=O) groups excluding carboxylic acids is 2. The molecular weight excluding hydrogens is 497 g/mol. The molecule has 0 saturated carbocycles. The quantitative estimate of drug-likeness (QED) is 0.267. The minimum atomic E-state index is -2.80. The van der Waals surface area contributed by atoms with Gasteiger partial charge in [0, 0.05) is 25.0 Å². The van der Waals surface area contributed by atoms with Crippen LogP contribution in [-0.4, -0.2) is 88.1 Å². The number of alkyl carbamates (subject to hydrolysis) is 1. The zero-order valence-corrected chi connectivity index (χ0v) is 22.0. The molecule has 2 aliphatic rings. The summed E-state index contributed by atoms with van der Waals surface area (Å²) in [6.45, 7) is 5.12. The van der Waals surface area contributed by atoms with E-state index < -0.39 is 48.7 Å². The van der Waals surface area contributed by atoms with Gasteiger partial charge in [0.2, 0.25) is 0 Å². The van der Waals surface area contributed by atoms with Gasteiger partial charge in [-0.2, -0.15) is 5.26 Å². The van der Waals surface area contributed by atoms with Crippen LogP contribution in [0.1, 0.15) is 45.6 Å². The Morgan fingerprint density at radius 2 is 1.92 bits per heavy atom. The van der Waals surface area contributed by atoms with E-state index in [1.54, 1.807) is 49.9 Å². The molecule has 0 aliphatic carbocycles. The summed E-state index contributed by atoms with van der Waals surface area (Å²) in [6.07, 6.45) is 1.42. The van der Waals surface area contributed by atoms with E-state index in [1.165, 1.54) is 11.0 Å². The predicted octanol–water partition coefficient (Wildman–Crippen LogP) is 2.29. The molecule has 1 aromatic rings. The number of amides is 2. The number of likely N-dealkylation sites (tertiary alicyclic amines) is 2. The van der Waals surface area contributed by atoms with Crippen molar-refractivity contribution in [3.8, 4) is 6.07 Å². The van der Waals surface area contributed by atoms with E-state index in [4.69, 9.17) is 4.74 Å². The number of nitriles is 1. The van der Waals surface area contributed by atoms with Gasteiger partial charge in [-0.15, -0.1) is 0 Å². The number of nitrogens with one attached hydrogen (secondary N) is 1. The predicted molar refractivity (Wildman–Crippen MR) is 137 cm³/mol. The molecule has 2 aliphatic heterocycles. The van der Waals surface area contributed by atoms with E-state index in [1.807, 2.05) is 12.1 Å². The van der Waals surface area contributed by atoms with Gasteiger partial charge in [0.25, 0.3) is 11.8 Å². The fraction of sp³-hybridized carbons (Fsp3) is 0.577. The van der Waals surface area contributed by atoms with Crippen LogP contribution >= 0.6 is 0 Å². The molecule has 0 aromatic heterocycles. The highest BCUT2D eigenvalue weighted by atomic mass is 19.3. The van der Waals surface area contributed by atoms with Crippen molar-refractivity contribution in [3.05, 3.63) is 47.5 Å². The summed E-state index contributed by atoms with van der Waals surface area (Å²) in [7, 11) is -1.82. The van der Waals surface area contributed by atoms with Crippen LogP contribution in [0.15, 0.2) is 42.0 Å². The summed E-state index contributed by atoms with van der Waals surface area (Å²) in [5.74, 6) is -4.38. The Labute approximate surface area is 222 Å². The lowest BCUT2D eigenvalue weighted by Crippen LogP contribution is -2.54. The number of nitrogens with zero attached hydrogens (tertiary/aromatic N) is 3. The van der Waals surface area contributed by atoms with Crippen molar-refractivity contribution in [3.63, 3.8) is 0 Å². The standard InChI is InChI=1S/C26H35BF2N4O5/c1-24(2,33-13-11-26(28,29)18-33)15-20(16-30)22(34)32-12-7-10-25(3,17-32)38-23(35)31-21(27(36)37)14-19-8-5-4-6-9-19/h4-6,8-9,15,21,36-37H,7,10-14,17-18H2,1-3H3,(H,31,35)/b20-15+/t21-,25-/m0/s1. The van der Waals surface area contributed by atoms with Crippen molar-refractivity contribution >= 4 is 19.1 Å². The van der Waals surface area contributed by atoms with Crippen LogP contribution in [0.2, 0.25) is 0 Å². The molecule has 0 spiro atoms. The maximum absolute atomic E-state index is 13.7. The van der Waals surface area contributed by atoms with Gasteiger partial charge in [-0.3, -0.25) is 9.69 Å². The third-order valence-electron chi connectivity index (χ3n) is 7.08. The van der Waals surface area contributed by atoms with Crippen molar-refractivity contribution in [1.82, 2.24) is 15.1 Å². The first-order valence-electron chi connectivity index (χ1n) is 12.7. The Bertz CT molecular complexity index is 1080. The second-order valence-corrected chi connectivity index (χ2v) is 10.9. The first kappa shape index (κ1) is 29.5. The summed E-state index contributed by atoms with van der Waals surface area (Å²) in [4.78, 5) is 28.9. The van der Waals surface area contributed by atoms with Crippen LogP contribution in [0.3, 0.4) is 0 Å². The molecule has 2 saturated heterocycles. The Morgan fingerprint density at radius 3 is 2.50 bits per heavy atom. The summed E-state index contributed by atoms with van der Waals surface area (Å²) in [5.41, 5.74) is -1.38. The highest BCUT2D eigenvalue weighted by Gasteiger charge is 2.44. The fourth-order valence-electron chi connectivity index (χ4n) is 4.95. The Hall–Kier alpha value is -3.01. The van der Waals surface area contributed by atoms with E-state index >= 15 is 0 Å². The Morgan fingerprint density at radius 1 is 1.24 bits per heavy atom. The number of alkyl halides is 2. The van der Waals surface area contributed by atoms with E-state index in [2.05, 4.69) is 5.32 Å². The maximum atomic E-state index is 13.7. The van der Waals surface area contributed by atoms with Gasteiger partial charge >= 0.3 is 13.2 Å². The molecule has 1 aromatic carbocycles. The van der Waals surface area contributed by atoms with Crippen molar-refractivity contribution in [1.29, 1.82) is 5.26 Å². The molecule has 0 unspecified atom stereocenters. The summed E-state index contributed by atoms with van der Waals surface area (Å²) < 4.78 is 33.1. The number of benzene rings is 1. The summed E-state index contributed by atoms with van der Waals surface area (Å²) in [6, 6.07) is 10.9. The average molecular weight is 532 g/mol.